The van der Waals surface area contributed by atoms with E-state index in [1.807, 2.05) is 0 Å². The first-order chi connectivity index (χ1) is 9.25. The molecular formula is C14H21ClN2O3. The molecule has 112 valence electrons. The van der Waals surface area contributed by atoms with Gasteiger partial charge >= 0.3 is 0 Å². The summed E-state index contributed by atoms with van der Waals surface area (Å²) in [5, 5.41) is 10.6. The molecular weight excluding hydrogens is 280 g/mol. The van der Waals surface area contributed by atoms with Gasteiger partial charge in [0.05, 0.1) is 17.6 Å². The Bertz CT molecular complexity index is 423. The molecule has 2 rings (SSSR count). The lowest BCUT2D eigenvalue weighted by molar-refractivity contribution is -0.384. The van der Waals surface area contributed by atoms with Crippen molar-refractivity contribution in [2.45, 2.75) is 25.7 Å². The van der Waals surface area contributed by atoms with Crippen LogP contribution in [0.15, 0.2) is 24.3 Å². The van der Waals surface area contributed by atoms with Gasteiger partial charge in [-0.15, -0.1) is 12.4 Å². The second-order valence-electron chi connectivity index (χ2n) is 4.86. The van der Waals surface area contributed by atoms with Gasteiger partial charge < -0.3 is 9.64 Å². The Morgan fingerprint density at radius 2 is 2.00 bits per heavy atom. The van der Waals surface area contributed by atoms with Gasteiger partial charge in [-0.05, 0) is 38.4 Å². The number of likely N-dealkylation sites (tertiary alicyclic amines) is 1. The summed E-state index contributed by atoms with van der Waals surface area (Å²) < 4.78 is 5.56. The number of non-ortho nitro benzene ring substituents is 1. The molecule has 0 aromatic heterocycles. The molecule has 5 nitrogen and oxygen atoms in total. The van der Waals surface area contributed by atoms with E-state index in [4.69, 9.17) is 4.74 Å². The monoisotopic (exact) mass is 300 g/mol. The van der Waals surface area contributed by atoms with Crippen LogP contribution in [0.4, 0.5) is 5.69 Å². The van der Waals surface area contributed by atoms with E-state index in [1.54, 1.807) is 12.1 Å². The third-order valence-corrected chi connectivity index (χ3v) is 3.36. The molecule has 1 aromatic carbocycles. The molecule has 1 aliphatic rings. The number of hydrogen-bond donors (Lipinski definition) is 0. The molecule has 0 spiro atoms. The first kappa shape index (κ1) is 16.7. The van der Waals surface area contributed by atoms with Crippen molar-refractivity contribution in [2.75, 3.05) is 26.2 Å². The van der Waals surface area contributed by atoms with Crippen molar-refractivity contribution in [2.24, 2.45) is 0 Å². The van der Waals surface area contributed by atoms with Gasteiger partial charge in [0.1, 0.15) is 5.75 Å². The Kier molecular flexibility index (Phi) is 7.33. The molecule has 1 heterocycles. The van der Waals surface area contributed by atoms with E-state index in [1.165, 1.54) is 44.5 Å². The highest BCUT2D eigenvalue weighted by Gasteiger charge is 2.09. The molecule has 0 aliphatic carbocycles. The summed E-state index contributed by atoms with van der Waals surface area (Å²) in [4.78, 5) is 12.7. The summed E-state index contributed by atoms with van der Waals surface area (Å²) in [5.41, 5.74) is 0.0773. The molecule has 1 saturated heterocycles. The topological polar surface area (TPSA) is 55.6 Å². The first-order valence-corrected chi connectivity index (χ1v) is 6.85. The van der Waals surface area contributed by atoms with Crippen molar-refractivity contribution < 1.29 is 9.66 Å². The van der Waals surface area contributed by atoms with Gasteiger partial charge in [0.25, 0.3) is 5.69 Å². The fourth-order valence-electron chi connectivity index (χ4n) is 2.35. The number of ether oxygens (including phenoxy) is 1. The Morgan fingerprint density at radius 3 is 2.70 bits per heavy atom. The maximum atomic E-state index is 10.6. The summed E-state index contributed by atoms with van der Waals surface area (Å²) in [6.07, 6.45) is 4.90. The van der Waals surface area contributed by atoms with Crippen LogP contribution in [0.1, 0.15) is 25.7 Å². The third kappa shape index (κ3) is 5.35. The molecule has 0 unspecified atom stereocenters. The normalized spacial score (nSPS) is 15.4. The lowest BCUT2D eigenvalue weighted by Gasteiger charge is -2.26. The Balaban J connectivity index is 0.00000200. The lowest BCUT2D eigenvalue weighted by Crippen LogP contribution is -2.31. The highest BCUT2D eigenvalue weighted by atomic mass is 35.5. The molecule has 0 N–H and O–H groups in total. The minimum atomic E-state index is -0.402. The number of rotatable bonds is 6. The van der Waals surface area contributed by atoms with Crippen LogP contribution in [0, 0.1) is 10.1 Å². The molecule has 0 amide bonds. The van der Waals surface area contributed by atoms with Crippen LogP contribution >= 0.6 is 12.4 Å². The van der Waals surface area contributed by atoms with Crippen LogP contribution in [-0.4, -0.2) is 36.1 Å². The van der Waals surface area contributed by atoms with Gasteiger partial charge in [-0.3, -0.25) is 10.1 Å². The minimum absolute atomic E-state index is 0. The summed E-state index contributed by atoms with van der Waals surface area (Å²) in [5.74, 6) is 0.577. The van der Waals surface area contributed by atoms with Crippen LogP contribution < -0.4 is 4.74 Å². The molecule has 6 heteroatoms. The maximum Gasteiger partial charge on any atom is 0.273 e. The van der Waals surface area contributed by atoms with Gasteiger partial charge in [-0.2, -0.15) is 0 Å². The third-order valence-electron chi connectivity index (χ3n) is 3.36. The fourth-order valence-corrected chi connectivity index (χ4v) is 2.35. The second kappa shape index (κ2) is 8.76. The largest absolute Gasteiger partial charge is 0.493 e. The molecule has 0 bridgehead atoms. The molecule has 0 radical (unpaired) electrons. The highest BCUT2D eigenvalue weighted by molar-refractivity contribution is 5.85. The standard InChI is InChI=1S/C14H20N2O3.ClH/c17-16(18)13-6-4-7-14(12-13)19-11-5-10-15-8-2-1-3-9-15;/h4,6-7,12H,1-3,5,8-11H2;1H. The van der Waals surface area contributed by atoms with Gasteiger partial charge in [0, 0.05) is 12.6 Å². The Labute approximate surface area is 125 Å². The smallest absolute Gasteiger partial charge is 0.273 e. The number of benzene rings is 1. The van der Waals surface area contributed by atoms with Gasteiger partial charge in [0.15, 0.2) is 0 Å². The maximum absolute atomic E-state index is 10.6. The highest BCUT2D eigenvalue weighted by Crippen LogP contribution is 2.19. The minimum Gasteiger partial charge on any atom is -0.493 e. The zero-order chi connectivity index (χ0) is 13.5. The molecule has 1 aromatic rings. The molecule has 0 saturated carbocycles. The van der Waals surface area contributed by atoms with Crippen LogP contribution in [0.2, 0.25) is 0 Å². The van der Waals surface area contributed by atoms with Crippen molar-refractivity contribution in [3.63, 3.8) is 0 Å². The van der Waals surface area contributed by atoms with E-state index in [9.17, 15) is 10.1 Å². The number of nitrogens with zero attached hydrogens (tertiary/aromatic N) is 2. The zero-order valence-electron chi connectivity index (χ0n) is 11.5. The summed E-state index contributed by atoms with van der Waals surface area (Å²) in [7, 11) is 0. The van der Waals surface area contributed by atoms with Crippen LogP contribution in [0.25, 0.3) is 0 Å². The fraction of sp³-hybridized carbons (Fsp3) is 0.571. The van der Waals surface area contributed by atoms with Crippen LogP contribution in [0.3, 0.4) is 0 Å². The van der Waals surface area contributed by atoms with E-state index < -0.39 is 4.92 Å². The molecule has 0 atom stereocenters. The van der Waals surface area contributed by atoms with Gasteiger partial charge in [-0.25, -0.2) is 0 Å². The summed E-state index contributed by atoms with van der Waals surface area (Å²) in [6.45, 7) is 4.04. The Hall–Kier alpha value is -1.33. The average Bonchev–Trinajstić information content (AvgIpc) is 2.45. The van der Waals surface area contributed by atoms with Crippen molar-refractivity contribution >= 4 is 18.1 Å². The Morgan fingerprint density at radius 1 is 1.25 bits per heavy atom. The van der Waals surface area contributed by atoms with E-state index in [0.29, 0.717) is 12.4 Å². The number of piperidine rings is 1. The molecule has 1 aliphatic heterocycles. The van der Waals surface area contributed by atoms with E-state index in [-0.39, 0.29) is 18.1 Å². The average molecular weight is 301 g/mol. The van der Waals surface area contributed by atoms with Gasteiger partial charge in [0.2, 0.25) is 0 Å². The van der Waals surface area contributed by atoms with Gasteiger partial charge in [-0.1, -0.05) is 12.5 Å². The van der Waals surface area contributed by atoms with E-state index >= 15 is 0 Å². The van der Waals surface area contributed by atoms with Crippen LogP contribution in [0.5, 0.6) is 5.75 Å². The first-order valence-electron chi connectivity index (χ1n) is 6.85. The van der Waals surface area contributed by atoms with Crippen molar-refractivity contribution in [1.82, 2.24) is 4.90 Å². The number of halogens is 1. The predicted octanol–water partition coefficient (Wildman–Crippen LogP) is 3.27. The van der Waals surface area contributed by atoms with Crippen molar-refractivity contribution in [1.29, 1.82) is 0 Å². The summed E-state index contributed by atoms with van der Waals surface area (Å²) >= 11 is 0. The van der Waals surface area contributed by atoms with E-state index in [0.717, 1.165) is 13.0 Å². The number of hydrogen-bond acceptors (Lipinski definition) is 4. The number of nitro benzene ring substituents is 1. The SMILES string of the molecule is Cl.O=[N+]([O-])c1cccc(OCCCN2CCCCC2)c1. The second-order valence-corrected chi connectivity index (χ2v) is 4.86. The predicted molar refractivity (Wildman–Crippen MR) is 80.7 cm³/mol. The quantitative estimate of drug-likeness (QED) is 0.459. The molecule has 1 fully saturated rings. The van der Waals surface area contributed by atoms with Crippen LogP contribution in [-0.2, 0) is 0 Å². The van der Waals surface area contributed by atoms with Crippen molar-refractivity contribution in [3.8, 4) is 5.75 Å². The lowest BCUT2D eigenvalue weighted by atomic mass is 10.1. The summed E-state index contributed by atoms with van der Waals surface area (Å²) in [6, 6.07) is 6.35. The van der Waals surface area contributed by atoms with Crippen molar-refractivity contribution in [3.05, 3.63) is 34.4 Å². The zero-order valence-corrected chi connectivity index (χ0v) is 12.3. The number of nitro groups is 1. The molecule has 20 heavy (non-hydrogen) atoms. The van der Waals surface area contributed by atoms with E-state index in [2.05, 4.69) is 4.90 Å².